The standard InChI is InChI=1S/C35H68O4/c1-3-5-7-9-10-11-12-13-14-15-16-17-18-19-22-25-29-33(30-26-23-20-24-27-31-34(36)37)39-35(38)32-28-21-8-6-4-2/h33H,3-32H2,1-2H3,(H,36,37). The average molecular weight is 553 g/mol. The molecule has 4 heteroatoms. The highest BCUT2D eigenvalue weighted by molar-refractivity contribution is 5.69. The van der Waals surface area contributed by atoms with Crippen molar-refractivity contribution in [2.75, 3.05) is 0 Å². The fourth-order valence-electron chi connectivity index (χ4n) is 5.48. The third kappa shape index (κ3) is 31.3. The predicted molar refractivity (Wildman–Crippen MR) is 167 cm³/mol. The third-order valence-electron chi connectivity index (χ3n) is 8.08. The maximum atomic E-state index is 12.4. The number of ether oxygens (including phenoxy) is 1. The van der Waals surface area contributed by atoms with Crippen molar-refractivity contribution in [1.29, 1.82) is 0 Å². The van der Waals surface area contributed by atoms with Crippen molar-refractivity contribution in [2.24, 2.45) is 0 Å². The summed E-state index contributed by atoms with van der Waals surface area (Å²) in [7, 11) is 0. The molecule has 0 amide bonds. The molecule has 0 radical (unpaired) electrons. The lowest BCUT2D eigenvalue weighted by Crippen LogP contribution is -2.18. The molecule has 232 valence electrons. The maximum Gasteiger partial charge on any atom is 0.306 e. The number of hydrogen-bond acceptors (Lipinski definition) is 3. The number of carboxylic acid groups (broad SMARTS) is 1. The van der Waals surface area contributed by atoms with E-state index in [0.29, 0.717) is 6.42 Å². The summed E-state index contributed by atoms with van der Waals surface area (Å²) in [5.74, 6) is -0.704. The molecule has 0 spiro atoms. The van der Waals surface area contributed by atoms with Gasteiger partial charge in [-0.25, -0.2) is 0 Å². The van der Waals surface area contributed by atoms with Crippen LogP contribution in [0.2, 0.25) is 0 Å². The normalized spacial score (nSPS) is 12.1. The average Bonchev–Trinajstić information content (AvgIpc) is 2.91. The molecular formula is C35H68O4. The molecule has 1 atom stereocenters. The van der Waals surface area contributed by atoms with Gasteiger partial charge in [0.05, 0.1) is 0 Å². The van der Waals surface area contributed by atoms with Crippen LogP contribution in [0.5, 0.6) is 0 Å². The van der Waals surface area contributed by atoms with E-state index in [0.717, 1.165) is 64.2 Å². The second-order valence-electron chi connectivity index (χ2n) is 12.1. The molecule has 4 nitrogen and oxygen atoms in total. The van der Waals surface area contributed by atoms with Gasteiger partial charge in [0.25, 0.3) is 0 Å². The van der Waals surface area contributed by atoms with E-state index in [-0.39, 0.29) is 18.5 Å². The molecular weight excluding hydrogens is 484 g/mol. The van der Waals surface area contributed by atoms with E-state index < -0.39 is 5.97 Å². The van der Waals surface area contributed by atoms with Crippen LogP contribution in [0.4, 0.5) is 0 Å². The second kappa shape index (κ2) is 31.5. The van der Waals surface area contributed by atoms with Crippen LogP contribution in [0.25, 0.3) is 0 Å². The highest BCUT2D eigenvalue weighted by Gasteiger charge is 2.14. The van der Waals surface area contributed by atoms with Crippen LogP contribution in [0.15, 0.2) is 0 Å². The van der Waals surface area contributed by atoms with Gasteiger partial charge in [0, 0.05) is 12.8 Å². The van der Waals surface area contributed by atoms with Crippen molar-refractivity contribution in [3.63, 3.8) is 0 Å². The molecule has 1 unspecified atom stereocenters. The summed E-state index contributed by atoms with van der Waals surface area (Å²) in [5, 5.41) is 8.77. The first kappa shape index (κ1) is 37.9. The summed E-state index contributed by atoms with van der Waals surface area (Å²) in [6.45, 7) is 4.50. The van der Waals surface area contributed by atoms with E-state index in [4.69, 9.17) is 9.84 Å². The van der Waals surface area contributed by atoms with Crippen molar-refractivity contribution >= 4 is 11.9 Å². The minimum Gasteiger partial charge on any atom is -0.481 e. The summed E-state index contributed by atoms with van der Waals surface area (Å²) in [6, 6.07) is 0. The number of hydrogen-bond donors (Lipinski definition) is 1. The van der Waals surface area contributed by atoms with Gasteiger partial charge in [0.2, 0.25) is 0 Å². The first-order valence-electron chi connectivity index (χ1n) is 17.5. The Balaban J connectivity index is 3.89. The zero-order valence-electron chi connectivity index (χ0n) is 26.5. The number of carboxylic acids is 1. The predicted octanol–water partition coefficient (Wildman–Crippen LogP) is 11.7. The smallest absolute Gasteiger partial charge is 0.306 e. The molecule has 0 rings (SSSR count). The van der Waals surface area contributed by atoms with E-state index in [9.17, 15) is 9.59 Å². The summed E-state index contributed by atoms with van der Waals surface area (Å²) in [6.07, 6.45) is 35.6. The van der Waals surface area contributed by atoms with Crippen molar-refractivity contribution in [3.8, 4) is 0 Å². The molecule has 0 aromatic carbocycles. The quantitative estimate of drug-likeness (QED) is 0.0665. The molecule has 0 aromatic rings. The van der Waals surface area contributed by atoms with Gasteiger partial charge in [-0.2, -0.15) is 0 Å². The van der Waals surface area contributed by atoms with Crippen LogP contribution in [0.1, 0.15) is 206 Å². The first-order valence-corrected chi connectivity index (χ1v) is 17.5. The second-order valence-corrected chi connectivity index (χ2v) is 12.1. The number of unbranched alkanes of at least 4 members (excludes halogenated alkanes) is 23. The Kier molecular flexibility index (Phi) is 30.6. The molecule has 1 N–H and O–H groups in total. The van der Waals surface area contributed by atoms with Gasteiger partial charge in [-0.15, -0.1) is 0 Å². The van der Waals surface area contributed by atoms with E-state index in [1.54, 1.807) is 0 Å². The topological polar surface area (TPSA) is 63.6 Å². The molecule has 0 heterocycles. The Morgan fingerprint density at radius 1 is 0.462 bits per heavy atom. The molecule has 0 aliphatic heterocycles. The lowest BCUT2D eigenvalue weighted by Gasteiger charge is -2.18. The molecule has 0 aromatic heterocycles. The van der Waals surface area contributed by atoms with Gasteiger partial charge in [-0.1, -0.05) is 155 Å². The Hall–Kier alpha value is -1.06. The minimum absolute atomic E-state index is 0.00514. The Morgan fingerprint density at radius 3 is 1.13 bits per heavy atom. The van der Waals surface area contributed by atoms with Gasteiger partial charge in [-0.3, -0.25) is 9.59 Å². The van der Waals surface area contributed by atoms with Gasteiger partial charge < -0.3 is 9.84 Å². The largest absolute Gasteiger partial charge is 0.481 e. The van der Waals surface area contributed by atoms with E-state index in [2.05, 4.69) is 13.8 Å². The molecule has 0 saturated heterocycles. The Bertz CT molecular complexity index is 519. The first-order chi connectivity index (χ1) is 19.1. The summed E-state index contributed by atoms with van der Waals surface area (Å²) in [5.41, 5.74) is 0. The third-order valence-corrected chi connectivity index (χ3v) is 8.08. The fraction of sp³-hybridized carbons (Fsp3) is 0.943. The van der Waals surface area contributed by atoms with Crippen molar-refractivity contribution in [3.05, 3.63) is 0 Å². The van der Waals surface area contributed by atoms with Crippen LogP contribution in [0, 0.1) is 0 Å². The zero-order chi connectivity index (χ0) is 28.7. The lowest BCUT2D eigenvalue weighted by molar-refractivity contribution is -0.150. The lowest BCUT2D eigenvalue weighted by atomic mass is 10.0. The zero-order valence-corrected chi connectivity index (χ0v) is 26.5. The molecule has 0 aliphatic carbocycles. The monoisotopic (exact) mass is 553 g/mol. The Morgan fingerprint density at radius 2 is 0.769 bits per heavy atom. The van der Waals surface area contributed by atoms with Crippen LogP contribution in [0.3, 0.4) is 0 Å². The molecule has 0 aliphatic rings. The highest BCUT2D eigenvalue weighted by atomic mass is 16.5. The number of carbonyl (C=O) groups excluding carboxylic acids is 1. The van der Waals surface area contributed by atoms with E-state index in [1.165, 1.54) is 116 Å². The number of rotatable bonds is 32. The minimum atomic E-state index is -0.699. The van der Waals surface area contributed by atoms with Crippen LogP contribution in [-0.2, 0) is 14.3 Å². The van der Waals surface area contributed by atoms with Crippen molar-refractivity contribution in [1.82, 2.24) is 0 Å². The van der Waals surface area contributed by atoms with Crippen LogP contribution >= 0.6 is 0 Å². The van der Waals surface area contributed by atoms with Gasteiger partial charge in [0.15, 0.2) is 0 Å². The van der Waals surface area contributed by atoms with Crippen molar-refractivity contribution in [2.45, 2.75) is 213 Å². The van der Waals surface area contributed by atoms with Gasteiger partial charge in [0.1, 0.15) is 6.10 Å². The summed E-state index contributed by atoms with van der Waals surface area (Å²) < 4.78 is 5.92. The van der Waals surface area contributed by atoms with Gasteiger partial charge >= 0.3 is 11.9 Å². The SMILES string of the molecule is CCCCCCCCCCCCCCCCCCC(CCCCCCCC(=O)O)OC(=O)CCCCCCC. The molecule has 0 bridgehead atoms. The fourth-order valence-corrected chi connectivity index (χ4v) is 5.48. The van der Waals surface area contributed by atoms with E-state index >= 15 is 0 Å². The van der Waals surface area contributed by atoms with Crippen molar-refractivity contribution < 1.29 is 19.4 Å². The summed E-state index contributed by atoms with van der Waals surface area (Å²) >= 11 is 0. The van der Waals surface area contributed by atoms with E-state index in [1.807, 2.05) is 0 Å². The number of aliphatic carboxylic acids is 1. The van der Waals surface area contributed by atoms with Gasteiger partial charge in [-0.05, 0) is 38.5 Å². The number of carbonyl (C=O) groups is 2. The maximum absolute atomic E-state index is 12.4. The van der Waals surface area contributed by atoms with Crippen LogP contribution < -0.4 is 0 Å². The van der Waals surface area contributed by atoms with Crippen LogP contribution in [-0.4, -0.2) is 23.1 Å². The molecule has 39 heavy (non-hydrogen) atoms. The summed E-state index contributed by atoms with van der Waals surface area (Å²) in [4.78, 5) is 23.1. The number of esters is 1. The Labute approximate surface area is 243 Å². The molecule has 0 saturated carbocycles. The molecule has 0 fully saturated rings. The highest BCUT2D eigenvalue weighted by Crippen LogP contribution is 2.19.